The van der Waals surface area contributed by atoms with E-state index in [1.807, 2.05) is 0 Å². The quantitative estimate of drug-likeness (QED) is 0.909. The standard InChI is InChI=1S/C10H7Cl2FN2S/c11-6-1-7(13)3-8(2-6)14-5-10-15-4-9(12)16-10/h1-4,14H,5H2. The molecule has 0 aliphatic rings. The lowest BCUT2D eigenvalue weighted by atomic mass is 10.3. The second kappa shape index (κ2) is 4.99. The van der Waals surface area contributed by atoms with E-state index < -0.39 is 0 Å². The van der Waals surface area contributed by atoms with Crippen LogP contribution in [-0.4, -0.2) is 4.98 Å². The second-order valence-corrected chi connectivity index (χ2v) is 5.25. The van der Waals surface area contributed by atoms with E-state index in [1.165, 1.54) is 23.5 Å². The van der Waals surface area contributed by atoms with Crippen molar-refractivity contribution in [2.24, 2.45) is 0 Å². The van der Waals surface area contributed by atoms with E-state index in [9.17, 15) is 4.39 Å². The topological polar surface area (TPSA) is 24.9 Å². The van der Waals surface area contributed by atoms with Gasteiger partial charge in [-0.05, 0) is 18.2 Å². The lowest BCUT2D eigenvalue weighted by Crippen LogP contribution is -1.98. The Morgan fingerprint density at radius 3 is 2.75 bits per heavy atom. The van der Waals surface area contributed by atoms with Crippen molar-refractivity contribution < 1.29 is 4.39 Å². The number of nitrogens with one attached hydrogen (secondary N) is 1. The molecule has 0 atom stereocenters. The number of halogens is 3. The molecule has 0 spiro atoms. The first-order valence-electron chi connectivity index (χ1n) is 4.43. The minimum atomic E-state index is -0.368. The van der Waals surface area contributed by atoms with Crippen LogP contribution >= 0.6 is 34.5 Å². The predicted octanol–water partition coefficient (Wildman–Crippen LogP) is 4.20. The minimum Gasteiger partial charge on any atom is -0.378 e. The molecule has 2 nitrogen and oxygen atoms in total. The molecule has 2 rings (SSSR count). The third-order valence-corrected chi connectivity index (χ3v) is 3.16. The molecular weight excluding hydrogens is 270 g/mol. The van der Waals surface area contributed by atoms with Gasteiger partial charge in [0.25, 0.3) is 0 Å². The first-order valence-corrected chi connectivity index (χ1v) is 6.01. The van der Waals surface area contributed by atoms with Crippen LogP contribution in [0.4, 0.5) is 10.1 Å². The normalized spacial score (nSPS) is 10.4. The number of anilines is 1. The molecule has 0 saturated carbocycles. The molecule has 1 aromatic heterocycles. The molecule has 0 bridgehead atoms. The molecule has 1 aromatic carbocycles. The fourth-order valence-electron chi connectivity index (χ4n) is 1.20. The molecule has 2 aromatic rings. The molecule has 84 valence electrons. The highest BCUT2D eigenvalue weighted by Gasteiger charge is 2.02. The van der Waals surface area contributed by atoms with Crippen LogP contribution in [0.2, 0.25) is 9.36 Å². The summed E-state index contributed by atoms with van der Waals surface area (Å²) in [7, 11) is 0. The summed E-state index contributed by atoms with van der Waals surface area (Å²) in [6.45, 7) is 0.497. The molecular formula is C10H7Cl2FN2S. The second-order valence-electron chi connectivity index (χ2n) is 3.07. The van der Waals surface area contributed by atoms with Gasteiger partial charge in [0.05, 0.1) is 12.7 Å². The van der Waals surface area contributed by atoms with E-state index in [1.54, 1.807) is 12.3 Å². The minimum absolute atomic E-state index is 0.361. The van der Waals surface area contributed by atoms with Gasteiger partial charge in [-0.1, -0.05) is 23.2 Å². The van der Waals surface area contributed by atoms with Gasteiger partial charge >= 0.3 is 0 Å². The summed E-state index contributed by atoms with van der Waals surface area (Å²) in [5.41, 5.74) is 0.622. The van der Waals surface area contributed by atoms with Gasteiger partial charge in [-0.25, -0.2) is 9.37 Å². The zero-order valence-corrected chi connectivity index (χ0v) is 10.3. The van der Waals surface area contributed by atoms with Crippen LogP contribution in [0.5, 0.6) is 0 Å². The van der Waals surface area contributed by atoms with Crippen LogP contribution in [0, 0.1) is 5.82 Å². The van der Waals surface area contributed by atoms with Gasteiger partial charge in [-0.15, -0.1) is 11.3 Å². The van der Waals surface area contributed by atoms with E-state index >= 15 is 0 Å². The maximum Gasteiger partial charge on any atom is 0.126 e. The molecule has 0 fully saturated rings. The van der Waals surface area contributed by atoms with Gasteiger partial charge in [0.15, 0.2) is 0 Å². The van der Waals surface area contributed by atoms with E-state index in [0.717, 1.165) is 5.01 Å². The van der Waals surface area contributed by atoms with Crippen molar-refractivity contribution in [3.63, 3.8) is 0 Å². The van der Waals surface area contributed by atoms with E-state index in [2.05, 4.69) is 10.3 Å². The van der Waals surface area contributed by atoms with E-state index in [-0.39, 0.29) is 5.82 Å². The Balaban J connectivity index is 2.04. The molecule has 0 unspecified atom stereocenters. The fraction of sp³-hybridized carbons (Fsp3) is 0.100. The summed E-state index contributed by atoms with van der Waals surface area (Å²) in [6, 6.07) is 4.29. The largest absolute Gasteiger partial charge is 0.378 e. The summed E-state index contributed by atoms with van der Waals surface area (Å²) in [5, 5.41) is 4.22. The van der Waals surface area contributed by atoms with Crippen molar-refractivity contribution in [3.8, 4) is 0 Å². The Labute approximate surface area is 106 Å². The Bertz CT molecular complexity index is 481. The molecule has 0 radical (unpaired) electrons. The smallest absolute Gasteiger partial charge is 0.126 e. The molecule has 1 N–H and O–H groups in total. The van der Waals surface area contributed by atoms with Gasteiger partial charge < -0.3 is 5.32 Å². The fourth-order valence-corrected chi connectivity index (χ4v) is 2.32. The Morgan fingerprint density at radius 2 is 2.12 bits per heavy atom. The number of hydrogen-bond donors (Lipinski definition) is 1. The van der Waals surface area contributed by atoms with Crippen molar-refractivity contribution in [2.45, 2.75) is 6.54 Å². The van der Waals surface area contributed by atoms with Crippen LogP contribution < -0.4 is 5.32 Å². The number of nitrogens with zero attached hydrogens (tertiary/aromatic N) is 1. The van der Waals surface area contributed by atoms with Crippen molar-refractivity contribution in [1.29, 1.82) is 0 Å². The number of rotatable bonds is 3. The van der Waals surface area contributed by atoms with Crippen LogP contribution in [-0.2, 0) is 6.54 Å². The average molecular weight is 277 g/mol. The van der Waals surface area contributed by atoms with Crippen LogP contribution in [0.15, 0.2) is 24.4 Å². The lowest BCUT2D eigenvalue weighted by molar-refractivity contribution is 0.628. The SMILES string of the molecule is Fc1cc(Cl)cc(NCc2ncc(Cl)s2)c1. The zero-order chi connectivity index (χ0) is 11.5. The highest BCUT2D eigenvalue weighted by Crippen LogP contribution is 2.21. The summed E-state index contributed by atoms with van der Waals surface area (Å²) in [4.78, 5) is 4.07. The van der Waals surface area contributed by atoms with Gasteiger partial charge in [-0.2, -0.15) is 0 Å². The van der Waals surface area contributed by atoms with Crippen molar-refractivity contribution in [2.75, 3.05) is 5.32 Å². The number of hydrogen-bond acceptors (Lipinski definition) is 3. The Hall–Kier alpha value is -0.840. The third-order valence-electron chi connectivity index (χ3n) is 1.83. The highest BCUT2D eigenvalue weighted by molar-refractivity contribution is 7.15. The van der Waals surface area contributed by atoms with E-state index in [4.69, 9.17) is 23.2 Å². The number of aromatic nitrogens is 1. The Kier molecular flexibility index (Phi) is 3.63. The van der Waals surface area contributed by atoms with Gasteiger partial charge in [0.1, 0.15) is 15.2 Å². The number of thiazole rings is 1. The predicted molar refractivity (Wildman–Crippen MR) is 65.9 cm³/mol. The Morgan fingerprint density at radius 1 is 1.31 bits per heavy atom. The molecule has 16 heavy (non-hydrogen) atoms. The molecule has 1 heterocycles. The highest BCUT2D eigenvalue weighted by atomic mass is 35.5. The van der Waals surface area contributed by atoms with E-state index in [0.29, 0.717) is 21.6 Å². The average Bonchev–Trinajstić information content (AvgIpc) is 2.60. The van der Waals surface area contributed by atoms with Crippen LogP contribution in [0.3, 0.4) is 0 Å². The zero-order valence-electron chi connectivity index (χ0n) is 8.01. The molecule has 6 heteroatoms. The molecule has 0 aliphatic carbocycles. The van der Waals surface area contributed by atoms with Crippen molar-refractivity contribution in [3.05, 3.63) is 44.6 Å². The number of benzene rings is 1. The van der Waals surface area contributed by atoms with Gasteiger partial charge in [0.2, 0.25) is 0 Å². The van der Waals surface area contributed by atoms with Gasteiger partial charge in [-0.3, -0.25) is 0 Å². The monoisotopic (exact) mass is 276 g/mol. The third kappa shape index (κ3) is 3.07. The molecule has 0 amide bonds. The molecule has 0 saturated heterocycles. The first kappa shape index (κ1) is 11.6. The lowest BCUT2D eigenvalue weighted by Gasteiger charge is -2.04. The van der Waals surface area contributed by atoms with Gasteiger partial charge in [0, 0.05) is 10.7 Å². The summed E-state index contributed by atoms with van der Waals surface area (Å²) in [6.07, 6.45) is 1.59. The van der Waals surface area contributed by atoms with Crippen LogP contribution in [0.1, 0.15) is 5.01 Å². The summed E-state index contributed by atoms with van der Waals surface area (Å²) < 4.78 is 13.6. The summed E-state index contributed by atoms with van der Waals surface area (Å²) in [5.74, 6) is -0.368. The summed E-state index contributed by atoms with van der Waals surface area (Å²) >= 11 is 12.8. The molecule has 0 aliphatic heterocycles. The van der Waals surface area contributed by atoms with Crippen molar-refractivity contribution >= 4 is 40.2 Å². The van der Waals surface area contributed by atoms with Crippen LogP contribution in [0.25, 0.3) is 0 Å². The maximum atomic E-state index is 13.0. The maximum absolute atomic E-state index is 13.0. The van der Waals surface area contributed by atoms with Crippen molar-refractivity contribution in [1.82, 2.24) is 4.98 Å². The first-order chi connectivity index (χ1) is 7.63.